The number of aryl methyl sites for hydroxylation is 1. The summed E-state index contributed by atoms with van der Waals surface area (Å²) in [6, 6.07) is 15.1. The molecular formula is C20H21N3O2. The first-order valence-corrected chi connectivity index (χ1v) is 8.46. The Morgan fingerprint density at radius 1 is 0.960 bits per heavy atom. The van der Waals surface area contributed by atoms with Crippen LogP contribution in [0.5, 0.6) is 0 Å². The second-order valence-electron chi connectivity index (χ2n) is 5.97. The van der Waals surface area contributed by atoms with Gasteiger partial charge in [-0.05, 0) is 49.7 Å². The van der Waals surface area contributed by atoms with Crippen molar-refractivity contribution < 1.29 is 9.21 Å². The molecule has 0 aliphatic heterocycles. The highest BCUT2D eigenvalue weighted by Crippen LogP contribution is 2.24. The molecule has 128 valence electrons. The summed E-state index contributed by atoms with van der Waals surface area (Å²) in [5.74, 6) is 0.857. The lowest BCUT2D eigenvalue weighted by Crippen LogP contribution is -2.24. The predicted octanol–water partition coefficient (Wildman–Crippen LogP) is 4.24. The molecule has 0 radical (unpaired) electrons. The Labute approximate surface area is 147 Å². The monoisotopic (exact) mass is 335 g/mol. The van der Waals surface area contributed by atoms with Gasteiger partial charge in [0.2, 0.25) is 11.8 Å². The van der Waals surface area contributed by atoms with Crippen molar-refractivity contribution in [3.63, 3.8) is 0 Å². The van der Waals surface area contributed by atoms with Gasteiger partial charge in [0.25, 0.3) is 5.91 Å². The molecule has 1 heterocycles. The zero-order valence-corrected chi connectivity index (χ0v) is 14.5. The van der Waals surface area contributed by atoms with E-state index in [0.29, 0.717) is 23.9 Å². The number of nitrogens with zero attached hydrogens (tertiary/aromatic N) is 2. The molecule has 0 saturated carbocycles. The number of hydrogen-bond acceptors (Lipinski definition) is 4. The normalized spacial score (nSPS) is 10.6. The number of hydrogen-bond donors (Lipinski definition) is 1. The zero-order valence-electron chi connectivity index (χ0n) is 14.5. The third kappa shape index (κ3) is 4.12. The third-order valence-electron chi connectivity index (χ3n) is 3.93. The number of carbonyl (C=O) groups is 1. The molecule has 0 aliphatic carbocycles. The van der Waals surface area contributed by atoms with Gasteiger partial charge in [-0.15, -0.1) is 10.2 Å². The SMILES string of the molecule is CCCCNC(=O)c1ccc(-c2nnc(-c3ccc(C)cc3)o2)cc1. The maximum atomic E-state index is 12.0. The molecule has 5 nitrogen and oxygen atoms in total. The molecule has 5 heteroatoms. The van der Waals surface area contributed by atoms with E-state index < -0.39 is 0 Å². The summed E-state index contributed by atoms with van der Waals surface area (Å²) in [5.41, 5.74) is 3.47. The van der Waals surface area contributed by atoms with Gasteiger partial charge in [-0.25, -0.2) is 0 Å². The number of aromatic nitrogens is 2. The highest BCUT2D eigenvalue weighted by atomic mass is 16.4. The Morgan fingerprint density at radius 3 is 2.08 bits per heavy atom. The molecule has 0 atom stereocenters. The van der Waals surface area contributed by atoms with Crippen LogP contribution in [-0.2, 0) is 0 Å². The van der Waals surface area contributed by atoms with Crippen molar-refractivity contribution in [1.82, 2.24) is 15.5 Å². The number of amides is 1. The van der Waals surface area contributed by atoms with Gasteiger partial charge >= 0.3 is 0 Å². The van der Waals surface area contributed by atoms with Gasteiger partial charge < -0.3 is 9.73 Å². The van der Waals surface area contributed by atoms with Crippen molar-refractivity contribution in [2.45, 2.75) is 26.7 Å². The quantitative estimate of drug-likeness (QED) is 0.684. The lowest BCUT2D eigenvalue weighted by molar-refractivity contribution is 0.0953. The third-order valence-corrected chi connectivity index (χ3v) is 3.93. The first-order valence-electron chi connectivity index (χ1n) is 8.46. The van der Waals surface area contributed by atoms with Gasteiger partial charge in [-0.3, -0.25) is 4.79 Å². The highest BCUT2D eigenvalue weighted by molar-refractivity contribution is 5.94. The molecule has 0 bridgehead atoms. The second kappa shape index (κ2) is 7.75. The molecule has 2 aromatic carbocycles. The molecular weight excluding hydrogens is 314 g/mol. The van der Waals surface area contributed by atoms with Gasteiger partial charge in [0, 0.05) is 23.2 Å². The van der Waals surface area contributed by atoms with Gasteiger partial charge in [0.05, 0.1) is 0 Å². The van der Waals surface area contributed by atoms with Crippen molar-refractivity contribution in [3.05, 3.63) is 59.7 Å². The fourth-order valence-corrected chi connectivity index (χ4v) is 2.40. The van der Waals surface area contributed by atoms with Crippen LogP contribution in [0.2, 0.25) is 0 Å². The van der Waals surface area contributed by atoms with E-state index in [-0.39, 0.29) is 5.91 Å². The van der Waals surface area contributed by atoms with E-state index in [4.69, 9.17) is 4.42 Å². The molecule has 1 aromatic heterocycles. The maximum Gasteiger partial charge on any atom is 0.251 e. The molecule has 0 unspecified atom stereocenters. The summed E-state index contributed by atoms with van der Waals surface area (Å²) < 4.78 is 5.75. The molecule has 0 fully saturated rings. The second-order valence-corrected chi connectivity index (χ2v) is 5.97. The van der Waals surface area contributed by atoms with Crippen LogP contribution in [0, 0.1) is 6.92 Å². The lowest BCUT2D eigenvalue weighted by Gasteiger charge is -2.04. The molecule has 3 aromatic rings. The Bertz CT molecular complexity index is 836. The Morgan fingerprint density at radius 2 is 1.52 bits per heavy atom. The number of carbonyl (C=O) groups excluding carboxylic acids is 1. The summed E-state index contributed by atoms with van der Waals surface area (Å²) >= 11 is 0. The fourth-order valence-electron chi connectivity index (χ4n) is 2.40. The first kappa shape index (κ1) is 16.9. The molecule has 0 spiro atoms. The lowest BCUT2D eigenvalue weighted by atomic mass is 10.1. The Hall–Kier alpha value is -2.95. The average Bonchev–Trinajstić information content (AvgIpc) is 3.13. The number of benzene rings is 2. The van der Waals surface area contributed by atoms with Crippen LogP contribution in [0.3, 0.4) is 0 Å². The summed E-state index contributed by atoms with van der Waals surface area (Å²) in [4.78, 5) is 12.0. The minimum absolute atomic E-state index is 0.0640. The van der Waals surface area contributed by atoms with E-state index in [9.17, 15) is 4.79 Å². The first-order chi connectivity index (χ1) is 12.2. The smallest absolute Gasteiger partial charge is 0.251 e. The largest absolute Gasteiger partial charge is 0.416 e. The van der Waals surface area contributed by atoms with E-state index in [1.54, 1.807) is 12.1 Å². The van der Waals surface area contributed by atoms with Crippen molar-refractivity contribution in [2.75, 3.05) is 6.54 Å². The van der Waals surface area contributed by atoms with Crippen LogP contribution in [0.25, 0.3) is 22.9 Å². The number of nitrogens with one attached hydrogen (secondary N) is 1. The van der Waals surface area contributed by atoms with Crippen molar-refractivity contribution in [3.8, 4) is 22.9 Å². The molecule has 0 aliphatic rings. The van der Waals surface area contributed by atoms with Crippen LogP contribution in [0.1, 0.15) is 35.7 Å². The van der Waals surface area contributed by atoms with Gasteiger partial charge in [-0.2, -0.15) is 0 Å². The number of unbranched alkanes of at least 4 members (excludes halogenated alkanes) is 1. The molecule has 25 heavy (non-hydrogen) atoms. The topological polar surface area (TPSA) is 68.0 Å². The van der Waals surface area contributed by atoms with Crippen LogP contribution >= 0.6 is 0 Å². The van der Waals surface area contributed by atoms with E-state index in [2.05, 4.69) is 22.4 Å². The van der Waals surface area contributed by atoms with Gasteiger partial charge in [0.15, 0.2) is 0 Å². The van der Waals surface area contributed by atoms with Crippen LogP contribution < -0.4 is 5.32 Å². The van der Waals surface area contributed by atoms with Crippen molar-refractivity contribution in [1.29, 1.82) is 0 Å². The number of rotatable bonds is 6. The van der Waals surface area contributed by atoms with Crippen LogP contribution in [0.15, 0.2) is 52.9 Å². The van der Waals surface area contributed by atoms with Crippen LogP contribution in [0.4, 0.5) is 0 Å². The van der Waals surface area contributed by atoms with E-state index >= 15 is 0 Å². The predicted molar refractivity (Wildman–Crippen MR) is 97.1 cm³/mol. The minimum Gasteiger partial charge on any atom is -0.416 e. The molecule has 3 rings (SSSR count). The van der Waals surface area contributed by atoms with Gasteiger partial charge in [-0.1, -0.05) is 31.0 Å². The van der Waals surface area contributed by atoms with Gasteiger partial charge in [0.1, 0.15) is 0 Å². The van der Waals surface area contributed by atoms with E-state index in [0.717, 1.165) is 24.0 Å². The summed E-state index contributed by atoms with van der Waals surface area (Å²) in [6.45, 7) is 4.82. The van der Waals surface area contributed by atoms with Crippen molar-refractivity contribution in [2.24, 2.45) is 0 Å². The Balaban J connectivity index is 1.72. The molecule has 0 saturated heterocycles. The minimum atomic E-state index is -0.0640. The van der Waals surface area contributed by atoms with Crippen LogP contribution in [-0.4, -0.2) is 22.6 Å². The van der Waals surface area contributed by atoms with Crippen molar-refractivity contribution >= 4 is 5.91 Å². The molecule has 1 amide bonds. The summed E-state index contributed by atoms with van der Waals surface area (Å²) in [7, 11) is 0. The zero-order chi connectivity index (χ0) is 17.6. The average molecular weight is 335 g/mol. The highest BCUT2D eigenvalue weighted by Gasteiger charge is 2.11. The Kier molecular flexibility index (Phi) is 5.23. The fraction of sp³-hybridized carbons (Fsp3) is 0.250. The van der Waals surface area contributed by atoms with E-state index in [1.165, 1.54) is 5.56 Å². The van der Waals surface area contributed by atoms with E-state index in [1.807, 2.05) is 43.3 Å². The summed E-state index contributed by atoms with van der Waals surface area (Å²) in [6.07, 6.45) is 2.04. The standard InChI is InChI=1S/C20H21N3O2/c1-3-4-13-21-18(24)15-9-11-17(12-10-15)20-23-22-19(25-20)16-7-5-14(2)6-8-16/h5-12H,3-4,13H2,1-2H3,(H,21,24). The molecule has 1 N–H and O–H groups in total. The maximum absolute atomic E-state index is 12.0. The summed E-state index contributed by atoms with van der Waals surface area (Å²) in [5, 5.41) is 11.1.